The first-order chi connectivity index (χ1) is 17.1. The summed E-state index contributed by atoms with van der Waals surface area (Å²) >= 11 is 0. The van der Waals surface area contributed by atoms with Crippen LogP contribution < -0.4 is 10.6 Å². The second-order valence-electron chi connectivity index (χ2n) is 9.25. The number of rotatable bonds is 19. The minimum atomic E-state index is -0.631. The molecular formula is C29H43FN2O3. The lowest BCUT2D eigenvalue weighted by atomic mass is 10.1. The number of carbonyl (C=O) groups is 2. The van der Waals surface area contributed by atoms with Crippen molar-refractivity contribution in [1.82, 2.24) is 5.32 Å². The zero-order chi connectivity index (χ0) is 25.1. The zero-order valence-corrected chi connectivity index (χ0v) is 21.4. The summed E-state index contributed by atoms with van der Waals surface area (Å²) in [5.41, 5.74) is 0.591. The molecule has 2 N–H and O–H groups in total. The van der Waals surface area contributed by atoms with E-state index in [1.807, 2.05) is 0 Å². The molecule has 1 fully saturated rings. The number of unbranched alkanes of at least 4 members (excludes halogenated alkanes) is 12. The third kappa shape index (κ3) is 12.1. The van der Waals surface area contributed by atoms with Gasteiger partial charge in [-0.15, -0.1) is 0 Å². The summed E-state index contributed by atoms with van der Waals surface area (Å²) in [7, 11) is 0. The van der Waals surface area contributed by atoms with Crippen LogP contribution in [0, 0.1) is 5.82 Å². The number of ketones is 1. The SMILES string of the molecule is CCCCCCCC/C=C\CCCCCCCCN/C(Nc1ccc(F)cc1)=C1\C(=O)COC1=O. The zero-order valence-electron chi connectivity index (χ0n) is 21.4. The van der Waals surface area contributed by atoms with Gasteiger partial charge in [0, 0.05) is 12.2 Å². The number of esters is 1. The predicted octanol–water partition coefficient (Wildman–Crippen LogP) is 7.20. The number of benzene rings is 1. The number of carbonyl (C=O) groups excluding carboxylic acids is 2. The fraction of sp³-hybridized carbons (Fsp3) is 0.586. The van der Waals surface area contributed by atoms with Gasteiger partial charge in [-0.25, -0.2) is 9.18 Å². The van der Waals surface area contributed by atoms with Gasteiger partial charge in [0.1, 0.15) is 17.2 Å². The van der Waals surface area contributed by atoms with E-state index in [0.29, 0.717) is 18.1 Å². The lowest BCUT2D eigenvalue weighted by molar-refractivity contribution is -0.135. The van der Waals surface area contributed by atoms with Crippen LogP contribution in [0.4, 0.5) is 10.1 Å². The van der Waals surface area contributed by atoms with Gasteiger partial charge in [-0.2, -0.15) is 0 Å². The van der Waals surface area contributed by atoms with Crippen molar-refractivity contribution >= 4 is 17.4 Å². The number of nitrogens with one attached hydrogen (secondary N) is 2. The average molecular weight is 487 g/mol. The summed E-state index contributed by atoms with van der Waals surface area (Å²) < 4.78 is 18.0. The lowest BCUT2D eigenvalue weighted by Crippen LogP contribution is -2.26. The van der Waals surface area contributed by atoms with Gasteiger partial charge >= 0.3 is 5.97 Å². The van der Waals surface area contributed by atoms with Gasteiger partial charge in [0.05, 0.1) is 0 Å². The van der Waals surface area contributed by atoms with Crippen molar-refractivity contribution in [3.8, 4) is 0 Å². The molecule has 0 unspecified atom stereocenters. The van der Waals surface area contributed by atoms with Crippen molar-refractivity contribution in [3.63, 3.8) is 0 Å². The number of ether oxygens (including phenoxy) is 1. The number of halogens is 1. The average Bonchev–Trinajstić information content (AvgIpc) is 3.19. The maximum absolute atomic E-state index is 13.2. The molecule has 0 bridgehead atoms. The van der Waals surface area contributed by atoms with Crippen LogP contribution >= 0.6 is 0 Å². The normalized spacial score (nSPS) is 15.0. The molecule has 0 aromatic heterocycles. The maximum atomic E-state index is 13.2. The molecule has 1 aliphatic rings. The summed E-state index contributed by atoms with van der Waals surface area (Å²) in [5.74, 6) is -1.00. The second-order valence-corrected chi connectivity index (χ2v) is 9.25. The van der Waals surface area contributed by atoms with Gasteiger partial charge < -0.3 is 15.4 Å². The van der Waals surface area contributed by atoms with E-state index in [9.17, 15) is 14.0 Å². The molecule has 0 saturated carbocycles. The molecule has 194 valence electrons. The fourth-order valence-corrected chi connectivity index (χ4v) is 4.09. The van der Waals surface area contributed by atoms with E-state index in [4.69, 9.17) is 4.74 Å². The molecule has 1 heterocycles. The minimum absolute atomic E-state index is 0.00104. The number of cyclic esters (lactones) is 1. The fourth-order valence-electron chi connectivity index (χ4n) is 4.09. The molecule has 0 aliphatic carbocycles. The Morgan fingerprint density at radius 3 is 2.00 bits per heavy atom. The topological polar surface area (TPSA) is 67.4 Å². The maximum Gasteiger partial charge on any atom is 0.346 e. The summed E-state index contributed by atoms with van der Waals surface area (Å²) in [4.78, 5) is 24.1. The summed E-state index contributed by atoms with van der Waals surface area (Å²) in [5, 5.41) is 6.22. The molecule has 0 spiro atoms. The van der Waals surface area contributed by atoms with Gasteiger partial charge in [0.2, 0.25) is 5.78 Å². The first-order valence-corrected chi connectivity index (χ1v) is 13.5. The highest BCUT2D eigenvalue weighted by Gasteiger charge is 2.32. The molecule has 0 atom stereocenters. The van der Waals surface area contributed by atoms with Crippen molar-refractivity contribution < 1.29 is 18.7 Å². The second kappa shape index (κ2) is 17.8. The van der Waals surface area contributed by atoms with Crippen LogP contribution in [0.3, 0.4) is 0 Å². The van der Waals surface area contributed by atoms with Gasteiger partial charge in [-0.1, -0.05) is 76.9 Å². The van der Waals surface area contributed by atoms with Crippen molar-refractivity contribution in [2.75, 3.05) is 18.5 Å². The number of hydrogen-bond acceptors (Lipinski definition) is 5. The molecule has 2 rings (SSSR count). The van der Waals surface area contributed by atoms with E-state index < -0.39 is 5.97 Å². The van der Waals surface area contributed by atoms with Gasteiger partial charge in [0.25, 0.3) is 0 Å². The Kier molecular flexibility index (Phi) is 14.5. The van der Waals surface area contributed by atoms with E-state index in [1.165, 1.54) is 89.2 Å². The van der Waals surface area contributed by atoms with E-state index in [-0.39, 0.29) is 23.8 Å². The minimum Gasteiger partial charge on any atom is -0.453 e. The summed E-state index contributed by atoms with van der Waals surface area (Å²) in [6.07, 6.45) is 22.1. The lowest BCUT2D eigenvalue weighted by Gasteiger charge is -2.15. The number of allylic oxidation sites excluding steroid dienone is 2. The highest BCUT2D eigenvalue weighted by Crippen LogP contribution is 2.17. The monoisotopic (exact) mass is 486 g/mol. The molecule has 1 saturated heterocycles. The Labute approximate surface area is 210 Å². The molecule has 1 aliphatic heterocycles. The molecule has 1 aromatic carbocycles. The van der Waals surface area contributed by atoms with Crippen LogP contribution in [0.1, 0.15) is 96.8 Å². The van der Waals surface area contributed by atoms with Crippen molar-refractivity contribution in [3.05, 3.63) is 53.6 Å². The molecule has 0 radical (unpaired) electrons. The van der Waals surface area contributed by atoms with Crippen LogP contribution in [0.2, 0.25) is 0 Å². The Morgan fingerprint density at radius 2 is 1.43 bits per heavy atom. The molecule has 1 aromatic rings. The summed E-state index contributed by atoms with van der Waals surface area (Å²) in [6, 6.07) is 5.77. The Hall–Kier alpha value is -2.63. The largest absolute Gasteiger partial charge is 0.453 e. The molecule has 35 heavy (non-hydrogen) atoms. The number of Topliss-reactive ketones (excluding diaryl/α,β-unsaturated/α-hetero) is 1. The first-order valence-electron chi connectivity index (χ1n) is 13.5. The van der Waals surface area contributed by atoms with Gasteiger partial charge in [0.15, 0.2) is 6.61 Å². The highest BCUT2D eigenvalue weighted by atomic mass is 19.1. The van der Waals surface area contributed by atoms with Crippen LogP contribution in [-0.4, -0.2) is 24.9 Å². The number of anilines is 1. The number of hydrogen-bond donors (Lipinski definition) is 2. The molecule has 5 nitrogen and oxygen atoms in total. The van der Waals surface area contributed by atoms with Crippen LogP contribution in [0.25, 0.3) is 0 Å². The molecule has 6 heteroatoms. The van der Waals surface area contributed by atoms with Crippen LogP contribution in [0.15, 0.2) is 47.8 Å². The van der Waals surface area contributed by atoms with E-state index in [1.54, 1.807) is 12.1 Å². The Balaban J connectivity index is 1.57. The first kappa shape index (κ1) is 28.6. The quantitative estimate of drug-likeness (QED) is 0.0711. The standard InChI is InChI=1S/C29H43FN2O3/c1-2-3-4-5-6-7-8-9-10-11-12-13-14-15-16-17-22-31-28(27-26(33)23-35-29(27)34)32-25-20-18-24(30)19-21-25/h9-10,18-21,31-32H,2-8,11-17,22-23H2,1H3/b10-9-,28-27-. The third-order valence-corrected chi connectivity index (χ3v) is 6.17. The third-order valence-electron chi connectivity index (χ3n) is 6.17. The van der Waals surface area contributed by atoms with Crippen LogP contribution in [0.5, 0.6) is 0 Å². The van der Waals surface area contributed by atoms with Gasteiger partial charge in [-0.3, -0.25) is 4.79 Å². The van der Waals surface area contributed by atoms with Crippen molar-refractivity contribution in [1.29, 1.82) is 0 Å². The van der Waals surface area contributed by atoms with Crippen LogP contribution in [-0.2, 0) is 14.3 Å². The summed E-state index contributed by atoms with van der Waals surface area (Å²) in [6.45, 7) is 2.65. The van der Waals surface area contributed by atoms with E-state index >= 15 is 0 Å². The van der Waals surface area contributed by atoms with E-state index in [2.05, 4.69) is 29.7 Å². The predicted molar refractivity (Wildman–Crippen MR) is 140 cm³/mol. The molecule has 0 amide bonds. The van der Waals surface area contributed by atoms with E-state index in [0.717, 1.165) is 12.8 Å². The van der Waals surface area contributed by atoms with Gasteiger partial charge in [-0.05, 0) is 56.4 Å². The Bertz CT molecular complexity index is 800. The Morgan fingerprint density at radius 1 is 0.857 bits per heavy atom. The smallest absolute Gasteiger partial charge is 0.346 e. The molecular weight excluding hydrogens is 443 g/mol. The van der Waals surface area contributed by atoms with Crippen molar-refractivity contribution in [2.24, 2.45) is 0 Å². The highest BCUT2D eigenvalue weighted by molar-refractivity contribution is 6.22. The van der Waals surface area contributed by atoms with Crippen molar-refractivity contribution in [2.45, 2.75) is 96.8 Å².